The summed E-state index contributed by atoms with van der Waals surface area (Å²) in [6.07, 6.45) is 6.37. The van der Waals surface area contributed by atoms with Gasteiger partial charge in [-0.2, -0.15) is 15.2 Å². The van der Waals surface area contributed by atoms with E-state index in [0.29, 0.717) is 55.7 Å². The highest BCUT2D eigenvalue weighted by Crippen LogP contribution is 2.35. The molecule has 1 aliphatic carbocycles. The molecule has 1 saturated carbocycles. The topological polar surface area (TPSA) is 314 Å². The van der Waals surface area contributed by atoms with E-state index in [0.717, 1.165) is 74.8 Å². The molecule has 0 radical (unpaired) electrons. The van der Waals surface area contributed by atoms with Crippen LogP contribution in [0.2, 0.25) is 0 Å². The first-order valence-corrected chi connectivity index (χ1v) is 27.3. The molecule has 4 aromatic rings. The SMILES string of the molecule is CCCCOc1nc(N)c2cc(C#N)n(Cc3ccc(CN4CCC(NC(=O)C(OCNC(=O)CNC(=O)C(Cc5ccccc5)NC(=O)CNC(=O)CNC(=O)CCCCCN5C(=O)CC(C)C5=O)C5CC5)CC4)cc3)c2n1. The molecule has 79 heavy (non-hydrogen) atoms. The molecule has 23 heteroatoms. The Balaban J connectivity index is 0.781. The average Bonchev–Trinajstić information content (AvgIpc) is 4.37. The number of imide groups is 1. The number of carbonyl (C=O) groups is 8. The van der Waals surface area contributed by atoms with Gasteiger partial charge in [0.25, 0.3) is 0 Å². The van der Waals surface area contributed by atoms with Crippen molar-refractivity contribution in [2.24, 2.45) is 11.8 Å². The summed E-state index contributed by atoms with van der Waals surface area (Å²) in [5, 5.41) is 26.4. The van der Waals surface area contributed by atoms with Gasteiger partial charge in [0.15, 0.2) is 5.65 Å². The highest BCUT2D eigenvalue weighted by molar-refractivity contribution is 6.03. The Morgan fingerprint density at radius 2 is 1.47 bits per heavy atom. The maximum atomic E-state index is 13.5. The third-order valence-electron chi connectivity index (χ3n) is 14.2. The van der Waals surface area contributed by atoms with E-state index < -0.39 is 48.9 Å². The minimum atomic E-state index is -1.10. The molecular formula is C56H73N13O10. The third kappa shape index (κ3) is 17.8. The lowest BCUT2D eigenvalue weighted by molar-refractivity contribution is -0.139. The lowest BCUT2D eigenvalue weighted by Gasteiger charge is -2.33. The number of likely N-dealkylation sites (tertiary alicyclic amines) is 2. The van der Waals surface area contributed by atoms with Crippen LogP contribution in [-0.2, 0) is 62.6 Å². The number of hydrogen-bond acceptors (Lipinski definition) is 15. The molecule has 0 bridgehead atoms. The van der Waals surface area contributed by atoms with E-state index in [1.807, 2.05) is 22.8 Å². The van der Waals surface area contributed by atoms with Crippen molar-refractivity contribution in [2.45, 2.75) is 122 Å². The Hall–Kier alpha value is -7.97. The molecule has 8 N–H and O–H groups in total. The van der Waals surface area contributed by atoms with E-state index in [9.17, 15) is 43.6 Å². The normalized spacial score (nSPS) is 16.4. The highest BCUT2D eigenvalue weighted by atomic mass is 16.5. The van der Waals surface area contributed by atoms with Crippen LogP contribution in [0.3, 0.4) is 0 Å². The van der Waals surface area contributed by atoms with E-state index >= 15 is 0 Å². The number of aromatic nitrogens is 3. The van der Waals surface area contributed by atoms with E-state index in [1.165, 1.54) is 4.90 Å². The molecule has 422 valence electrons. The van der Waals surface area contributed by atoms with Crippen LogP contribution < -0.4 is 42.4 Å². The standard InChI is InChI=1S/C56H73N13O10/c1-3-4-25-78-56-65-51(58)43-28-42(29-57)69(52(43)66-56)34-39-16-14-38(15-17-39)33-67-23-20-41(21-24-67)63-54(76)50(40-18-19-40)79-35-62-47(72)31-61-53(75)44(27-37-11-7-5-8-12-37)64-48(73)32-60-46(71)30-59-45(70)13-9-6-10-22-68-49(74)26-36(2)55(68)77/h5,7-8,11-12,14-17,28,36,40-41,44,50H,3-4,6,9-10,13,18-27,30-35H2,1-2H3,(H,59,70)(H,60,71)(H,61,75)(H,62,72)(H,63,76)(H,64,73)(H2,58,65,66). The number of nitrogens with two attached hydrogens (primary N) is 1. The molecule has 8 amide bonds. The fourth-order valence-electron chi connectivity index (χ4n) is 9.48. The minimum Gasteiger partial charge on any atom is -0.463 e. The van der Waals surface area contributed by atoms with E-state index in [2.05, 4.69) is 71.9 Å². The predicted octanol–water partition coefficient (Wildman–Crippen LogP) is 2.09. The quantitative estimate of drug-likeness (QED) is 0.0223. The largest absolute Gasteiger partial charge is 0.463 e. The number of nitrogens with one attached hydrogen (secondary N) is 6. The van der Waals surface area contributed by atoms with Gasteiger partial charge in [0.1, 0.15) is 36.5 Å². The number of ether oxygens (including phenoxy) is 2. The zero-order chi connectivity index (χ0) is 56.3. The molecule has 0 spiro atoms. The van der Waals surface area contributed by atoms with Crippen molar-refractivity contribution in [2.75, 3.05) is 58.3 Å². The molecule has 2 aliphatic heterocycles. The molecule has 2 saturated heterocycles. The smallest absolute Gasteiger partial charge is 0.320 e. The van der Waals surface area contributed by atoms with Crippen molar-refractivity contribution >= 4 is 64.1 Å². The fourth-order valence-corrected chi connectivity index (χ4v) is 9.48. The van der Waals surface area contributed by atoms with Crippen LogP contribution in [-0.4, -0.2) is 142 Å². The van der Waals surface area contributed by atoms with Crippen molar-refractivity contribution in [3.8, 4) is 12.1 Å². The van der Waals surface area contributed by atoms with Crippen LogP contribution in [0.25, 0.3) is 11.0 Å². The lowest BCUT2D eigenvalue weighted by atomic mass is 10.0. The summed E-state index contributed by atoms with van der Waals surface area (Å²) in [4.78, 5) is 114. The number of hydrogen-bond donors (Lipinski definition) is 7. The maximum absolute atomic E-state index is 13.5. The Labute approximate surface area is 459 Å². The molecule has 7 rings (SSSR count). The summed E-state index contributed by atoms with van der Waals surface area (Å²) in [6, 6.07) is 20.2. The minimum absolute atomic E-state index is 0.0292. The summed E-state index contributed by atoms with van der Waals surface area (Å²) in [7, 11) is 0. The van der Waals surface area contributed by atoms with E-state index in [4.69, 9.17) is 15.2 Å². The number of piperidine rings is 1. The Bertz CT molecular complexity index is 2830. The van der Waals surface area contributed by atoms with Gasteiger partial charge in [-0.1, -0.05) is 81.3 Å². The van der Waals surface area contributed by atoms with Gasteiger partial charge >= 0.3 is 6.01 Å². The summed E-state index contributed by atoms with van der Waals surface area (Å²) in [5.41, 5.74) is 10.1. The molecule has 3 fully saturated rings. The molecule has 2 aromatic heterocycles. The number of nitrogens with zero attached hydrogens (tertiary/aromatic N) is 6. The molecule has 3 unspecified atom stereocenters. The second-order valence-electron chi connectivity index (χ2n) is 20.5. The molecule has 23 nitrogen and oxygen atoms in total. The van der Waals surface area contributed by atoms with Gasteiger partial charge in [0, 0.05) is 57.4 Å². The van der Waals surface area contributed by atoms with Gasteiger partial charge in [-0.05, 0) is 73.6 Å². The highest BCUT2D eigenvalue weighted by Gasteiger charge is 2.38. The second kappa shape index (κ2) is 29.1. The lowest BCUT2D eigenvalue weighted by Crippen LogP contribution is -2.52. The van der Waals surface area contributed by atoms with Crippen LogP contribution in [0.5, 0.6) is 6.01 Å². The van der Waals surface area contributed by atoms with Gasteiger partial charge in [-0.3, -0.25) is 48.2 Å². The fraction of sp³-hybridized carbons (Fsp3) is 0.518. The Kier molecular flexibility index (Phi) is 21.6. The van der Waals surface area contributed by atoms with Crippen molar-refractivity contribution in [3.63, 3.8) is 0 Å². The van der Waals surface area contributed by atoms with Crippen molar-refractivity contribution in [1.82, 2.24) is 56.2 Å². The molecule has 3 atom stereocenters. The number of anilines is 1. The summed E-state index contributed by atoms with van der Waals surface area (Å²) >= 11 is 0. The van der Waals surface area contributed by atoms with Crippen molar-refractivity contribution in [1.29, 1.82) is 5.26 Å². The van der Waals surface area contributed by atoms with Crippen LogP contribution in [0.1, 0.15) is 107 Å². The summed E-state index contributed by atoms with van der Waals surface area (Å²) in [6.45, 7) is 5.76. The van der Waals surface area contributed by atoms with Gasteiger partial charge in [-0.25, -0.2) is 0 Å². The summed E-state index contributed by atoms with van der Waals surface area (Å²) in [5.74, 6) is -3.45. The van der Waals surface area contributed by atoms with E-state index in [1.54, 1.807) is 37.3 Å². The number of benzene rings is 2. The van der Waals surface area contributed by atoms with Gasteiger partial charge < -0.3 is 51.7 Å². The second-order valence-corrected chi connectivity index (χ2v) is 20.5. The van der Waals surface area contributed by atoms with Crippen molar-refractivity contribution < 1.29 is 47.8 Å². The van der Waals surface area contributed by atoms with Crippen LogP contribution in [0.4, 0.5) is 5.82 Å². The zero-order valence-electron chi connectivity index (χ0n) is 45.1. The maximum Gasteiger partial charge on any atom is 0.320 e. The molecule has 2 aromatic carbocycles. The average molecular weight is 1090 g/mol. The number of unbranched alkanes of at least 4 members (excludes halogenated alkanes) is 3. The number of nitrogen functional groups attached to an aromatic ring is 1. The zero-order valence-corrected chi connectivity index (χ0v) is 45.1. The summed E-state index contributed by atoms with van der Waals surface area (Å²) < 4.78 is 13.5. The van der Waals surface area contributed by atoms with Gasteiger partial charge in [0.2, 0.25) is 47.3 Å². The van der Waals surface area contributed by atoms with Crippen LogP contribution >= 0.6 is 0 Å². The molecular weight excluding hydrogens is 1010 g/mol. The predicted molar refractivity (Wildman–Crippen MR) is 290 cm³/mol. The Morgan fingerprint density at radius 3 is 2.15 bits per heavy atom. The number of carbonyl (C=O) groups excluding carboxylic acids is 8. The Morgan fingerprint density at radius 1 is 0.785 bits per heavy atom. The van der Waals surface area contributed by atoms with Gasteiger partial charge in [0.05, 0.1) is 38.2 Å². The third-order valence-corrected chi connectivity index (χ3v) is 14.2. The molecule has 4 heterocycles. The monoisotopic (exact) mass is 1090 g/mol. The number of rotatable bonds is 30. The molecule has 3 aliphatic rings. The number of amides is 8. The first-order chi connectivity index (χ1) is 38.2. The van der Waals surface area contributed by atoms with E-state index in [-0.39, 0.29) is 85.9 Å². The van der Waals surface area contributed by atoms with Crippen LogP contribution in [0.15, 0.2) is 60.7 Å². The number of nitriles is 1. The number of fused-ring (bicyclic) bond motifs is 1. The van der Waals surface area contributed by atoms with Gasteiger partial charge in [-0.15, -0.1) is 0 Å². The first kappa shape index (κ1) is 58.7. The first-order valence-electron chi connectivity index (χ1n) is 27.3. The van der Waals surface area contributed by atoms with Crippen LogP contribution in [0, 0.1) is 23.2 Å². The van der Waals surface area contributed by atoms with Crippen molar-refractivity contribution in [3.05, 3.63) is 83.0 Å².